The van der Waals surface area contributed by atoms with Crippen LogP contribution in [0.3, 0.4) is 0 Å². The molecule has 0 unspecified atom stereocenters. The van der Waals surface area contributed by atoms with Crippen molar-refractivity contribution in [2.45, 2.75) is 46.0 Å². The molecule has 0 atom stereocenters. The van der Waals surface area contributed by atoms with Crippen molar-refractivity contribution in [1.82, 2.24) is 4.90 Å². The van der Waals surface area contributed by atoms with Crippen molar-refractivity contribution in [3.8, 4) is 0 Å². The third kappa shape index (κ3) is 11.4. The molecule has 0 saturated heterocycles. The zero-order chi connectivity index (χ0) is 11.7. The number of nitrogens with zero attached hydrogens (tertiary/aromatic N) is 1. The van der Waals surface area contributed by atoms with Crippen LogP contribution in [-0.2, 0) is 4.79 Å². The van der Waals surface area contributed by atoms with Gasteiger partial charge in [0.05, 0.1) is 0 Å². The van der Waals surface area contributed by atoms with E-state index < -0.39 is 5.97 Å². The summed E-state index contributed by atoms with van der Waals surface area (Å²) in [6.07, 6.45) is 4.51. The molecule has 1 N–H and O–H groups in total. The highest BCUT2D eigenvalue weighted by atomic mass is 16.4. The molecule has 0 rings (SSSR count). The van der Waals surface area contributed by atoms with E-state index in [1.54, 1.807) is 0 Å². The summed E-state index contributed by atoms with van der Waals surface area (Å²) in [5.41, 5.74) is 0. The highest BCUT2D eigenvalue weighted by Gasteiger charge is 2.01. The molecule has 0 aromatic carbocycles. The van der Waals surface area contributed by atoms with Crippen LogP contribution in [0.2, 0.25) is 0 Å². The van der Waals surface area contributed by atoms with Gasteiger partial charge in [0, 0.05) is 6.42 Å². The van der Waals surface area contributed by atoms with Crippen molar-refractivity contribution in [3.63, 3.8) is 0 Å². The molecular formula is C12H25NO2. The van der Waals surface area contributed by atoms with Gasteiger partial charge in [-0.15, -0.1) is 0 Å². The molecule has 0 fully saturated rings. The van der Waals surface area contributed by atoms with Crippen LogP contribution in [0.5, 0.6) is 0 Å². The Morgan fingerprint density at radius 2 is 1.87 bits per heavy atom. The summed E-state index contributed by atoms with van der Waals surface area (Å²) in [5, 5.41) is 8.46. The van der Waals surface area contributed by atoms with E-state index in [9.17, 15) is 4.79 Å². The second-order valence-corrected chi connectivity index (χ2v) is 4.69. The first-order valence-corrected chi connectivity index (χ1v) is 5.92. The SMILES string of the molecule is CC(C)CCN(C)CCCCCC(=O)O. The van der Waals surface area contributed by atoms with Crippen molar-refractivity contribution in [1.29, 1.82) is 0 Å². The maximum absolute atomic E-state index is 10.3. The van der Waals surface area contributed by atoms with Gasteiger partial charge in [0.25, 0.3) is 0 Å². The van der Waals surface area contributed by atoms with Gasteiger partial charge in [-0.2, -0.15) is 0 Å². The lowest BCUT2D eigenvalue weighted by Gasteiger charge is -2.17. The third-order valence-corrected chi connectivity index (χ3v) is 2.52. The molecule has 0 aromatic heterocycles. The van der Waals surface area contributed by atoms with Crippen LogP contribution in [0.1, 0.15) is 46.0 Å². The summed E-state index contributed by atoms with van der Waals surface area (Å²) in [4.78, 5) is 12.6. The molecule has 3 nitrogen and oxygen atoms in total. The average molecular weight is 215 g/mol. The molecule has 0 saturated carbocycles. The summed E-state index contributed by atoms with van der Waals surface area (Å²) in [7, 11) is 2.14. The third-order valence-electron chi connectivity index (χ3n) is 2.52. The molecule has 0 aliphatic heterocycles. The van der Waals surface area contributed by atoms with E-state index in [0.717, 1.165) is 38.3 Å². The normalized spacial score (nSPS) is 11.3. The van der Waals surface area contributed by atoms with Crippen molar-refractivity contribution < 1.29 is 9.90 Å². The molecule has 0 aromatic rings. The Hall–Kier alpha value is -0.570. The maximum Gasteiger partial charge on any atom is 0.303 e. The first kappa shape index (κ1) is 14.4. The molecule has 0 aliphatic rings. The van der Waals surface area contributed by atoms with Gasteiger partial charge in [0.1, 0.15) is 0 Å². The Bertz CT molecular complexity index is 169. The van der Waals surface area contributed by atoms with E-state index in [1.807, 2.05) is 0 Å². The number of hydrogen-bond acceptors (Lipinski definition) is 2. The molecule has 0 radical (unpaired) electrons. The zero-order valence-electron chi connectivity index (χ0n) is 10.3. The second-order valence-electron chi connectivity index (χ2n) is 4.69. The van der Waals surface area contributed by atoms with Crippen molar-refractivity contribution in [3.05, 3.63) is 0 Å². The Morgan fingerprint density at radius 1 is 1.20 bits per heavy atom. The minimum absolute atomic E-state index is 0.315. The van der Waals surface area contributed by atoms with E-state index in [0.29, 0.717) is 6.42 Å². The number of unbranched alkanes of at least 4 members (excludes halogenated alkanes) is 2. The van der Waals surface area contributed by atoms with Crippen molar-refractivity contribution >= 4 is 5.97 Å². The number of hydrogen-bond donors (Lipinski definition) is 1. The fraction of sp³-hybridized carbons (Fsp3) is 0.917. The topological polar surface area (TPSA) is 40.5 Å². The number of carboxylic acid groups (broad SMARTS) is 1. The minimum atomic E-state index is -0.678. The Balaban J connectivity index is 3.23. The van der Waals surface area contributed by atoms with Crippen LogP contribution in [0.4, 0.5) is 0 Å². The summed E-state index contributed by atoms with van der Waals surface area (Å²) >= 11 is 0. The van der Waals surface area contributed by atoms with E-state index in [2.05, 4.69) is 25.8 Å². The number of carboxylic acids is 1. The number of rotatable bonds is 9. The van der Waals surface area contributed by atoms with Crippen LogP contribution in [-0.4, -0.2) is 36.1 Å². The van der Waals surface area contributed by atoms with Crippen molar-refractivity contribution in [2.24, 2.45) is 5.92 Å². The first-order chi connectivity index (χ1) is 7.02. The second kappa shape index (κ2) is 8.72. The molecule has 0 heterocycles. The molecule has 0 amide bonds. The van der Waals surface area contributed by atoms with Crippen LogP contribution < -0.4 is 0 Å². The lowest BCUT2D eigenvalue weighted by Crippen LogP contribution is -2.22. The molecular weight excluding hydrogens is 190 g/mol. The standard InChI is InChI=1S/C12H25NO2/c1-11(2)8-10-13(3)9-6-4-5-7-12(14)15/h11H,4-10H2,1-3H3,(H,14,15). The van der Waals surface area contributed by atoms with E-state index >= 15 is 0 Å². The van der Waals surface area contributed by atoms with Crippen LogP contribution in [0.25, 0.3) is 0 Å². The van der Waals surface area contributed by atoms with Gasteiger partial charge >= 0.3 is 5.97 Å². The first-order valence-electron chi connectivity index (χ1n) is 5.92. The largest absolute Gasteiger partial charge is 0.481 e. The zero-order valence-corrected chi connectivity index (χ0v) is 10.3. The smallest absolute Gasteiger partial charge is 0.303 e. The number of carbonyl (C=O) groups is 1. The predicted octanol–water partition coefficient (Wildman–Crippen LogP) is 2.61. The summed E-state index contributed by atoms with van der Waals surface area (Å²) < 4.78 is 0. The van der Waals surface area contributed by atoms with Gasteiger partial charge in [0.2, 0.25) is 0 Å². The highest BCUT2D eigenvalue weighted by molar-refractivity contribution is 5.66. The van der Waals surface area contributed by atoms with Crippen LogP contribution >= 0.6 is 0 Å². The quantitative estimate of drug-likeness (QED) is 0.601. The van der Waals surface area contributed by atoms with Crippen LogP contribution in [0.15, 0.2) is 0 Å². The molecule has 0 spiro atoms. The maximum atomic E-state index is 10.3. The van der Waals surface area contributed by atoms with E-state index in [4.69, 9.17) is 5.11 Å². The minimum Gasteiger partial charge on any atom is -0.481 e. The molecule has 0 aliphatic carbocycles. The lowest BCUT2D eigenvalue weighted by atomic mass is 10.1. The summed E-state index contributed by atoms with van der Waals surface area (Å²) in [6.45, 7) is 6.71. The molecule has 3 heteroatoms. The monoisotopic (exact) mass is 215 g/mol. The fourth-order valence-corrected chi connectivity index (χ4v) is 1.43. The van der Waals surface area contributed by atoms with E-state index in [-0.39, 0.29) is 0 Å². The molecule has 0 bridgehead atoms. The summed E-state index contributed by atoms with van der Waals surface area (Å²) in [6, 6.07) is 0. The van der Waals surface area contributed by atoms with Gasteiger partial charge in [-0.05, 0) is 45.3 Å². The lowest BCUT2D eigenvalue weighted by molar-refractivity contribution is -0.137. The van der Waals surface area contributed by atoms with Gasteiger partial charge < -0.3 is 10.0 Å². The van der Waals surface area contributed by atoms with Gasteiger partial charge in [-0.25, -0.2) is 0 Å². The average Bonchev–Trinajstić information content (AvgIpc) is 2.13. The Labute approximate surface area is 93.5 Å². The van der Waals surface area contributed by atoms with Crippen molar-refractivity contribution in [2.75, 3.05) is 20.1 Å². The molecule has 90 valence electrons. The van der Waals surface area contributed by atoms with Gasteiger partial charge in [0.15, 0.2) is 0 Å². The Morgan fingerprint density at radius 3 is 2.40 bits per heavy atom. The van der Waals surface area contributed by atoms with Crippen LogP contribution in [0, 0.1) is 5.92 Å². The van der Waals surface area contributed by atoms with E-state index in [1.165, 1.54) is 6.42 Å². The van der Waals surface area contributed by atoms with Gasteiger partial charge in [-0.3, -0.25) is 4.79 Å². The molecule has 15 heavy (non-hydrogen) atoms. The summed E-state index contributed by atoms with van der Waals surface area (Å²) in [5.74, 6) is 0.0858. The van der Waals surface area contributed by atoms with Gasteiger partial charge in [-0.1, -0.05) is 20.3 Å². The fourth-order valence-electron chi connectivity index (χ4n) is 1.43. The number of aliphatic carboxylic acids is 1. The Kier molecular flexibility index (Phi) is 8.38. The highest BCUT2D eigenvalue weighted by Crippen LogP contribution is 2.04. The predicted molar refractivity (Wildman–Crippen MR) is 63.1 cm³/mol.